The summed E-state index contributed by atoms with van der Waals surface area (Å²) in [6.07, 6.45) is 0.00478. The summed E-state index contributed by atoms with van der Waals surface area (Å²) in [5.74, 6) is -0.0513. The van der Waals surface area contributed by atoms with E-state index >= 15 is 0 Å². The van der Waals surface area contributed by atoms with E-state index in [4.69, 9.17) is 4.42 Å². The van der Waals surface area contributed by atoms with Gasteiger partial charge < -0.3 is 14.8 Å². The van der Waals surface area contributed by atoms with E-state index in [2.05, 4.69) is 10.3 Å². The molecule has 0 radical (unpaired) electrons. The molecule has 2 aromatic heterocycles. The molecular formula is C20H20N2O4S. The van der Waals surface area contributed by atoms with E-state index in [9.17, 15) is 14.7 Å². The lowest BCUT2D eigenvalue weighted by Gasteiger charge is -2.16. The highest BCUT2D eigenvalue weighted by Crippen LogP contribution is 2.26. The number of hydrogen-bond donors (Lipinski definition) is 2. The van der Waals surface area contributed by atoms with E-state index in [-0.39, 0.29) is 6.42 Å². The first-order valence-corrected chi connectivity index (χ1v) is 9.32. The van der Waals surface area contributed by atoms with Gasteiger partial charge in [0.05, 0.1) is 12.1 Å². The Morgan fingerprint density at radius 3 is 2.59 bits per heavy atom. The van der Waals surface area contributed by atoms with Crippen molar-refractivity contribution in [1.29, 1.82) is 0 Å². The number of carboxylic acid groups (broad SMARTS) is 1. The third-order valence-electron chi connectivity index (χ3n) is 4.26. The maximum atomic E-state index is 12.4. The predicted molar refractivity (Wildman–Crippen MR) is 103 cm³/mol. The molecule has 1 unspecified atom stereocenters. The fraction of sp³-hybridized carbons (Fsp3) is 0.250. The molecule has 0 bridgehead atoms. The summed E-state index contributed by atoms with van der Waals surface area (Å²) >= 11 is 1.38. The number of nitrogens with one attached hydrogen (secondary N) is 1. The van der Waals surface area contributed by atoms with E-state index in [1.807, 2.05) is 39.0 Å². The lowest BCUT2D eigenvalue weighted by molar-refractivity contribution is -0.142. The molecule has 6 nitrogen and oxygen atoms in total. The van der Waals surface area contributed by atoms with Gasteiger partial charge in [-0.1, -0.05) is 18.2 Å². The molecular weight excluding hydrogens is 364 g/mol. The Morgan fingerprint density at radius 1 is 1.19 bits per heavy atom. The van der Waals surface area contributed by atoms with Crippen LogP contribution in [0, 0.1) is 20.8 Å². The highest BCUT2D eigenvalue weighted by atomic mass is 32.1. The topological polar surface area (TPSA) is 92.4 Å². The van der Waals surface area contributed by atoms with Crippen LogP contribution < -0.4 is 5.32 Å². The summed E-state index contributed by atoms with van der Waals surface area (Å²) in [6, 6.07) is 7.95. The molecule has 3 rings (SSSR count). The molecule has 1 aromatic carbocycles. The number of furan rings is 1. The van der Waals surface area contributed by atoms with Crippen molar-refractivity contribution in [3.05, 3.63) is 63.9 Å². The number of amides is 1. The summed E-state index contributed by atoms with van der Waals surface area (Å²) < 4.78 is 5.53. The SMILES string of the molecule is Cc1ccc(-c2nc(CC(=O)NC(C(=O)O)c3ccc(C)c(C)c3)cs2)o1. The van der Waals surface area contributed by atoms with Crippen LogP contribution in [-0.4, -0.2) is 22.0 Å². The summed E-state index contributed by atoms with van der Waals surface area (Å²) in [4.78, 5) is 28.4. The number of hydrogen-bond acceptors (Lipinski definition) is 5. The van der Waals surface area contributed by atoms with Gasteiger partial charge >= 0.3 is 5.97 Å². The van der Waals surface area contributed by atoms with Crippen LogP contribution in [0.25, 0.3) is 10.8 Å². The molecule has 0 fully saturated rings. The Hall–Kier alpha value is -2.93. The largest absolute Gasteiger partial charge is 0.479 e. The van der Waals surface area contributed by atoms with Crippen molar-refractivity contribution in [1.82, 2.24) is 10.3 Å². The Labute approximate surface area is 160 Å². The normalized spacial score (nSPS) is 12.0. The van der Waals surface area contributed by atoms with Gasteiger partial charge in [-0.05, 0) is 49.6 Å². The number of carbonyl (C=O) groups excluding carboxylic acids is 1. The molecule has 0 saturated carbocycles. The standard InChI is InChI=1S/C20H20N2O4S/c1-11-4-6-14(8-12(11)2)18(20(24)25)22-17(23)9-15-10-27-19(21-15)16-7-5-13(3)26-16/h4-8,10,18H,9H2,1-3H3,(H,22,23)(H,24,25). The lowest BCUT2D eigenvalue weighted by atomic mass is 10.0. The van der Waals surface area contributed by atoms with Crippen LogP contribution >= 0.6 is 11.3 Å². The van der Waals surface area contributed by atoms with E-state index in [0.717, 1.165) is 16.9 Å². The first-order chi connectivity index (χ1) is 12.8. The third kappa shape index (κ3) is 4.43. The molecule has 0 aliphatic rings. The fourth-order valence-electron chi connectivity index (χ4n) is 2.66. The second kappa shape index (κ2) is 7.75. The second-order valence-corrected chi connectivity index (χ2v) is 7.27. The summed E-state index contributed by atoms with van der Waals surface area (Å²) in [6.45, 7) is 5.71. The Balaban J connectivity index is 1.70. The molecule has 2 heterocycles. The van der Waals surface area contributed by atoms with Crippen molar-refractivity contribution in [3.63, 3.8) is 0 Å². The minimum atomic E-state index is -1.10. The molecule has 0 saturated heterocycles. The summed E-state index contributed by atoms with van der Waals surface area (Å²) in [7, 11) is 0. The zero-order chi connectivity index (χ0) is 19.6. The number of aryl methyl sites for hydroxylation is 3. The minimum absolute atomic E-state index is 0.00478. The van der Waals surface area contributed by atoms with Crippen LogP contribution in [-0.2, 0) is 16.0 Å². The van der Waals surface area contributed by atoms with Crippen molar-refractivity contribution >= 4 is 23.2 Å². The van der Waals surface area contributed by atoms with Crippen molar-refractivity contribution in [2.24, 2.45) is 0 Å². The Bertz CT molecular complexity index is 990. The van der Waals surface area contributed by atoms with E-state index in [0.29, 0.717) is 22.0 Å². The highest BCUT2D eigenvalue weighted by molar-refractivity contribution is 7.13. The number of aliphatic carboxylic acids is 1. The molecule has 2 N–H and O–H groups in total. The highest BCUT2D eigenvalue weighted by Gasteiger charge is 2.23. The van der Waals surface area contributed by atoms with Crippen molar-refractivity contribution in [2.45, 2.75) is 33.2 Å². The fourth-order valence-corrected chi connectivity index (χ4v) is 3.44. The first kappa shape index (κ1) is 18.8. The van der Waals surface area contributed by atoms with Gasteiger partial charge in [-0.25, -0.2) is 9.78 Å². The Morgan fingerprint density at radius 2 is 1.96 bits per heavy atom. The number of thiazole rings is 1. The Kier molecular flexibility index (Phi) is 5.41. The number of benzene rings is 1. The number of nitrogens with zero attached hydrogens (tertiary/aromatic N) is 1. The number of carbonyl (C=O) groups is 2. The van der Waals surface area contributed by atoms with Crippen LogP contribution in [0.15, 0.2) is 40.1 Å². The molecule has 1 atom stereocenters. The smallest absolute Gasteiger partial charge is 0.330 e. The van der Waals surface area contributed by atoms with E-state index in [1.54, 1.807) is 17.5 Å². The summed E-state index contributed by atoms with van der Waals surface area (Å²) in [5.41, 5.74) is 3.16. The zero-order valence-electron chi connectivity index (χ0n) is 15.3. The maximum absolute atomic E-state index is 12.4. The van der Waals surface area contributed by atoms with Gasteiger partial charge in [0.1, 0.15) is 5.76 Å². The quantitative estimate of drug-likeness (QED) is 0.674. The van der Waals surface area contributed by atoms with Crippen LogP contribution in [0.3, 0.4) is 0 Å². The number of aromatic nitrogens is 1. The molecule has 1 amide bonds. The minimum Gasteiger partial charge on any atom is -0.479 e. The van der Waals surface area contributed by atoms with Gasteiger partial charge in [0.15, 0.2) is 16.8 Å². The molecule has 27 heavy (non-hydrogen) atoms. The zero-order valence-corrected chi connectivity index (χ0v) is 16.1. The van der Waals surface area contributed by atoms with Crippen molar-refractivity contribution in [3.8, 4) is 10.8 Å². The third-order valence-corrected chi connectivity index (χ3v) is 5.17. The molecule has 140 valence electrons. The molecule has 7 heteroatoms. The van der Waals surface area contributed by atoms with Gasteiger partial charge in [0, 0.05) is 5.38 Å². The lowest BCUT2D eigenvalue weighted by Crippen LogP contribution is -2.34. The summed E-state index contributed by atoms with van der Waals surface area (Å²) in [5, 5.41) is 14.6. The van der Waals surface area contributed by atoms with Gasteiger partial charge in [-0.15, -0.1) is 11.3 Å². The second-order valence-electron chi connectivity index (χ2n) is 6.41. The molecule has 0 aliphatic carbocycles. The average Bonchev–Trinajstić information content (AvgIpc) is 3.24. The van der Waals surface area contributed by atoms with Gasteiger partial charge in [0.25, 0.3) is 0 Å². The average molecular weight is 384 g/mol. The van der Waals surface area contributed by atoms with Crippen LogP contribution in [0.2, 0.25) is 0 Å². The van der Waals surface area contributed by atoms with Gasteiger partial charge in [-0.3, -0.25) is 4.79 Å². The van der Waals surface area contributed by atoms with Gasteiger partial charge in [-0.2, -0.15) is 0 Å². The molecule has 3 aromatic rings. The van der Waals surface area contributed by atoms with Crippen LogP contribution in [0.4, 0.5) is 0 Å². The van der Waals surface area contributed by atoms with Gasteiger partial charge in [0.2, 0.25) is 5.91 Å². The van der Waals surface area contributed by atoms with Crippen LogP contribution in [0.1, 0.15) is 34.2 Å². The van der Waals surface area contributed by atoms with Crippen LogP contribution in [0.5, 0.6) is 0 Å². The van der Waals surface area contributed by atoms with Crippen molar-refractivity contribution in [2.75, 3.05) is 0 Å². The van der Waals surface area contributed by atoms with E-state index < -0.39 is 17.9 Å². The predicted octanol–water partition coefficient (Wildman–Crippen LogP) is 3.81. The molecule has 0 aliphatic heterocycles. The van der Waals surface area contributed by atoms with Crippen molar-refractivity contribution < 1.29 is 19.1 Å². The van der Waals surface area contributed by atoms with E-state index in [1.165, 1.54) is 11.3 Å². The number of carboxylic acids is 1. The molecule has 0 spiro atoms. The first-order valence-electron chi connectivity index (χ1n) is 8.44. The maximum Gasteiger partial charge on any atom is 0.330 e. The number of rotatable bonds is 6. The monoisotopic (exact) mass is 384 g/mol.